The van der Waals surface area contributed by atoms with Crippen molar-refractivity contribution in [2.45, 2.75) is 38.8 Å². The fourth-order valence-corrected chi connectivity index (χ4v) is 4.58. The Hall–Kier alpha value is -3.00. The van der Waals surface area contributed by atoms with E-state index in [0.717, 1.165) is 16.9 Å². The van der Waals surface area contributed by atoms with Gasteiger partial charge in [-0.3, -0.25) is 19.3 Å². The molecule has 0 unspecified atom stereocenters. The number of rotatable bonds is 8. The first kappa shape index (κ1) is 22.2. The van der Waals surface area contributed by atoms with Crippen LogP contribution in [0.3, 0.4) is 0 Å². The average molecular weight is 455 g/mol. The molecule has 8 heteroatoms. The molecule has 0 spiro atoms. The van der Waals surface area contributed by atoms with Gasteiger partial charge >= 0.3 is 0 Å². The molecule has 32 heavy (non-hydrogen) atoms. The summed E-state index contributed by atoms with van der Waals surface area (Å²) in [5.74, 6) is 0.557. The molecule has 2 heterocycles. The number of carbonyl (C=O) groups excluding carboxylic acids is 3. The number of benzene rings is 2. The van der Waals surface area contributed by atoms with E-state index >= 15 is 0 Å². The molecule has 2 aliphatic rings. The minimum Gasteiger partial charge on any atom is -0.492 e. The second-order valence-electron chi connectivity index (χ2n) is 7.83. The average Bonchev–Trinajstić information content (AvgIpc) is 3.25. The summed E-state index contributed by atoms with van der Waals surface area (Å²) in [5, 5.41) is 2.89. The van der Waals surface area contributed by atoms with Crippen molar-refractivity contribution >= 4 is 35.2 Å². The van der Waals surface area contributed by atoms with Gasteiger partial charge in [0.05, 0.1) is 23.4 Å². The van der Waals surface area contributed by atoms with Gasteiger partial charge in [0.25, 0.3) is 11.8 Å². The molecule has 168 valence electrons. The number of hydrogen-bond acceptors (Lipinski definition) is 6. The third kappa shape index (κ3) is 4.07. The fourth-order valence-electron chi connectivity index (χ4n) is 4.13. The van der Waals surface area contributed by atoms with Gasteiger partial charge < -0.3 is 14.8 Å². The van der Waals surface area contributed by atoms with Crippen molar-refractivity contribution < 1.29 is 23.9 Å². The van der Waals surface area contributed by atoms with E-state index < -0.39 is 23.8 Å². The minimum absolute atomic E-state index is 0.0538. The van der Waals surface area contributed by atoms with Crippen LogP contribution in [0.25, 0.3) is 0 Å². The molecule has 2 aromatic rings. The quantitative estimate of drug-likeness (QED) is 0.612. The molecular weight excluding hydrogens is 428 g/mol. The number of anilines is 1. The highest BCUT2D eigenvalue weighted by Crippen LogP contribution is 2.38. The summed E-state index contributed by atoms with van der Waals surface area (Å²) < 4.78 is 11.6. The van der Waals surface area contributed by atoms with Crippen molar-refractivity contribution in [3.8, 4) is 11.5 Å². The monoisotopic (exact) mass is 454 g/mol. The Labute approximate surface area is 191 Å². The maximum atomic E-state index is 13.4. The zero-order valence-electron chi connectivity index (χ0n) is 18.3. The predicted octanol–water partition coefficient (Wildman–Crippen LogP) is 3.77. The van der Waals surface area contributed by atoms with Gasteiger partial charge in [-0.2, -0.15) is 11.8 Å². The molecule has 0 fully saturated rings. The van der Waals surface area contributed by atoms with Crippen molar-refractivity contribution in [3.63, 3.8) is 0 Å². The molecule has 7 nitrogen and oxygen atoms in total. The molecule has 3 amide bonds. The van der Waals surface area contributed by atoms with Crippen LogP contribution in [0.2, 0.25) is 0 Å². The van der Waals surface area contributed by atoms with E-state index in [9.17, 15) is 14.4 Å². The highest BCUT2D eigenvalue weighted by molar-refractivity contribution is 7.98. The van der Waals surface area contributed by atoms with E-state index in [1.807, 2.05) is 26.2 Å². The Morgan fingerprint density at radius 2 is 1.94 bits per heavy atom. The topological polar surface area (TPSA) is 84.9 Å². The smallest absolute Gasteiger partial charge is 0.262 e. The van der Waals surface area contributed by atoms with Crippen LogP contribution >= 0.6 is 11.8 Å². The number of hydrogen-bond donors (Lipinski definition) is 1. The normalized spacial score (nSPS) is 17.6. The van der Waals surface area contributed by atoms with Crippen molar-refractivity contribution in [2.75, 3.05) is 23.9 Å². The highest BCUT2D eigenvalue weighted by Gasteiger charge is 2.42. The lowest BCUT2D eigenvalue weighted by Gasteiger charge is -2.25. The molecule has 1 N–H and O–H groups in total. The summed E-state index contributed by atoms with van der Waals surface area (Å²) in [6, 6.07) is 9.37. The minimum atomic E-state index is -0.933. The number of fused-ring (bicyclic) bond motifs is 2. The molecule has 2 aliphatic heterocycles. The number of nitrogens with zero attached hydrogens (tertiary/aromatic N) is 1. The lowest BCUT2D eigenvalue weighted by atomic mass is 10.1. The predicted molar refractivity (Wildman–Crippen MR) is 124 cm³/mol. The lowest BCUT2D eigenvalue weighted by molar-refractivity contribution is -0.120. The SMILES string of the molecule is CCOc1cc2c(cc1NC(=O)[C@H](CCSC)N1C(=O)c3ccccc3C1=O)O[C@@H](C)C2. The zero-order valence-corrected chi connectivity index (χ0v) is 19.2. The number of amides is 3. The second-order valence-corrected chi connectivity index (χ2v) is 8.82. The molecule has 0 radical (unpaired) electrons. The Balaban J connectivity index is 1.63. The first-order valence-electron chi connectivity index (χ1n) is 10.7. The molecule has 2 aromatic carbocycles. The summed E-state index contributed by atoms with van der Waals surface area (Å²) in [5.41, 5.74) is 2.15. The van der Waals surface area contributed by atoms with E-state index in [1.165, 1.54) is 0 Å². The first-order chi connectivity index (χ1) is 15.4. The summed E-state index contributed by atoms with van der Waals surface area (Å²) >= 11 is 1.55. The van der Waals surface area contributed by atoms with E-state index in [1.54, 1.807) is 42.1 Å². The fraction of sp³-hybridized carbons (Fsp3) is 0.375. The molecule has 0 aliphatic carbocycles. The summed E-state index contributed by atoms with van der Waals surface area (Å²) in [7, 11) is 0. The molecular formula is C24H26N2O5S. The van der Waals surface area contributed by atoms with Crippen LogP contribution in [-0.4, -0.2) is 53.4 Å². The zero-order chi connectivity index (χ0) is 22.8. The van der Waals surface area contributed by atoms with Crippen molar-refractivity contribution in [3.05, 3.63) is 53.1 Å². The van der Waals surface area contributed by atoms with E-state index in [4.69, 9.17) is 9.47 Å². The first-order valence-corrected chi connectivity index (χ1v) is 12.1. The number of thioether (sulfide) groups is 1. The van der Waals surface area contributed by atoms with E-state index in [-0.39, 0.29) is 6.10 Å². The third-order valence-electron chi connectivity index (χ3n) is 5.59. The van der Waals surface area contributed by atoms with Gasteiger partial charge in [0, 0.05) is 18.1 Å². The van der Waals surface area contributed by atoms with Gasteiger partial charge in [-0.25, -0.2) is 0 Å². The Kier molecular flexibility index (Phi) is 6.41. The third-order valence-corrected chi connectivity index (χ3v) is 6.24. The molecule has 0 aromatic heterocycles. The van der Waals surface area contributed by atoms with Crippen LogP contribution in [0.1, 0.15) is 46.5 Å². The molecule has 0 bridgehead atoms. The Morgan fingerprint density at radius 3 is 2.56 bits per heavy atom. The lowest BCUT2D eigenvalue weighted by Crippen LogP contribution is -2.47. The van der Waals surface area contributed by atoms with Crippen LogP contribution in [0.4, 0.5) is 5.69 Å². The largest absolute Gasteiger partial charge is 0.492 e. The van der Waals surface area contributed by atoms with Crippen molar-refractivity contribution in [1.29, 1.82) is 0 Å². The van der Waals surface area contributed by atoms with Crippen LogP contribution in [-0.2, 0) is 11.2 Å². The molecule has 2 atom stereocenters. The standard InChI is InChI=1S/C24H26N2O5S/c1-4-30-21-12-15-11-14(2)31-20(15)13-18(21)25-22(27)19(9-10-32-3)26-23(28)16-7-5-6-8-17(16)24(26)29/h5-8,12-14,19H,4,9-11H2,1-3H3,(H,25,27)/t14-,19-/m0/s1. The van der Waals surface area contributed by atoms with Crippen molar-refractivity contribution in [1.82, 2.24) is 4.90 Å². The maximum absolute atomic E-state index is 13.4. The van der Waals surface area contributed by atoms with Crippen LogP contribution in [0.15, 0.2) is 36.4 Å². The van der Waals surface area contributed by atoms with E-state index in [0.29, 0.717) is 47.1 Å². The maximum Gasteiger partial charge on any atom is 0.262 e. The van der Waals surface area contributed by atoms with Gasteiger partial charge in [0.2, 0.25) is 5.91 Å². The van der Waals surface area contributed by atoms with Gasteiger partial charge in [-0.15, -0.1) is 0 Å². The number of ether oxygens (including phenoxy) is 2. The molecule has 0 saturated carbocycles. The van der Waals surface area contributed by atoms with Gasteiger partial charge in [0.1, 0.15) is 23.6 Å². The van der Waals surface area contributed by atoms with Crippen LogP contribution < -0.4 is 14.8 Å². The van der Waals surface area contributed by atoms with Crippen LogP contribution in [0, 0.1) is 0 Å². The van der Waals surface area contributed by atoms with Gasteiger partial charge in [-0.1, -0.05) is 12.1 Å². The van der Waals surface area contributed by atoms with E-state index in [2.05, 4.69) is 5.32 Å². The summed E-state index contributed by atoms with van der Waals surface area (Å²) in [6.07, 6.45) is 3.09. The number of imide groups is 1. The van der Waals surface area contributed by atoms with Gasteiger partial charge in [0.15, 0.2) is 0 Å². The summed E-state index contributed by atoms with van der Waals surface area (Å²) in [6.45, 7) is 4.30. The molecule has 0 saturated heterocycles. The summed E-state index contributed by atoms with van der Waals surface area (Å²) in [4.78, 5) is 40.5. The molecule has 4 rings (SSSR count). The second kappa shape index (κ2) is 9.24. The Bertz CT molecular complexity index is 1040. The highest BCUT2D eigenvalue weighted by atomic mass is 32.2. The number of nitrogens with one attached hydrogen (secondary N) is 1. The van der Waals surface area contributed by atoms with Crippen molar-refractivity contribution in [2.24, 2.45) is 0 Å². The number of carbonyl (C=O) groups is 3. The van der Waals surface area contributed by atoms with Gasteiger partial charge in [-0.05, 0) is 50.5 Å². The Morgan fingerprint density at radius 1 is 1.25 bits per heavy atom. The van der Waals surface area contributed by atoms with Crippen LogP contribution in [0.5, 0.6) is 11.5 Å².